The molecule has 5 unspecified atom stereocenters. The van der Waals surface area contributed by atoms with Crippen molar-refractivity contribution in [3.63, 3.8) is 0 Å². The number of carbonyl (C=O) groups is 2. The van der Waals surface area contributed by atoms with Crippen molar-refractivity contribution in [1.29, 1.82) is 0 Å². The van der Waals surface area contributed by atoms with Crippen molar-refractivity contribution < 1.29 is 39.1 Å². The summed E-state index contributed by atoms with van der Waals surface area (Å²) in [6, 6.07) is 11.8. The number of Topliss-reactive ketones (excluding diaryl/α,β-unsaturated/α-hetero) is 2. The molecule has 0 bridgehead atoms. The van der Waals surface area contributed by atoms with Crippen molar-refractivity contribution >= 4 is 33.1 Å². The van der Waals surface area contributed by atoms with Crippen LogP contribution in [0.2, 0.25) is 0 Å². The van der Waals surface area contributed by atoms with Gasteiger partial charge in [-0.15, -0.1) is 0 Å². The first-order valence-corrected chi connectivity index (χ1v) is 23.6. The molecule has 1 aliphatic heterocycles. The molecular formula is C51H78O8. The Kier molecular flexibility index (Phi) is 22.3. The molecule has 0 radical (unpaired) electrons. The Labute approximate surface area is 355 Å². The van der Waals surface area contributed by atoms with E-state index in [1.165, 1.54) is 116 Å². The van der Waals surface area contributed by atoms with Crippen LogP contribution in [0.1, 0.15) is 185 Å². The number of ether oxygens (including phenoxy) is 3. The molecule has 0 aromatic heterocycles. The molecule has 8 nitrogen and oxygen atoms in total. The Morgan fingerprint density at radius 1 is 0.610 bits per heavy atom. The summed E-state index contributed by atoms with van der Waals surface area (Å²) in [5, 5.41) is 35.2. The van der Waals surface area contributed by atoms with Crippen LogP contribution < -0.4 is 9.47 Å². The van der Waals surface area contributed by atoms with Crippen LogP contribution in [0, 0.1) is 6.92 Å². The highest BCUT2D eigenvalue weighted by Gasteiger charge is 2.43. The van der Waals surface area contributed by atoms with Gasteiger partial charge < -0.3 is 29.5 Å². The molecule has 5 atom stereocenters. The third-order valence-corrected chi connectivity index (χ3v) is 12.6. The summed E-state index contributed by atoms with van der Waals surface area (Å²) in [6.45, 7) is 5.93. The maximum absolute atomic E-state index is 12.8. The van der Waals surface area contributed by atoms with Crippen LogP contribution in [0.25, 0.3) is 21.5 Å². The van der Waals surface area contributed by atoms with Gasteiger partial charge in [0.05, 0.1) is 13.2 Å². The van der Waals surface area contributed by atoms with Crippen LogP contribution >= 0.6 is 0 Å². The molecule has 59 heavy (non-hydrogen) atoms. The first-order valence-electron chi connectivity index (χ1n) is 23.6. The highest BCUT2D eigenvalue weighted by molar-refractivity contribution is 6.37. The van der Waals surface area contributed by atoms with Gasteiger partial charge in [-0.2, -0.15) is 0 Å². The zero-order valence-electron chi connectivity index (χ0n) is 37.1. The van der Waals surface area contributed by atoms with Gasteiger partial charge in [0.2, 0.25) is 6.29 Å². The molecule has 3 N–H and O–H groups in total. The van der Waals surface area contributed by atoms with Crippen LogP contribution in [-0.4, -0.2) is 64.7 Å². The van der Waals surface area contributed by atoms with Crippen molar-refractivity contribution in [3.05, 3.63) is 47.5 Å². The number of aliphatic hydroxyl groups is 3. The molecule has 0 spiro atoms. The van der Waals surface area contributed by atoms with Crippen LogP contribution in [0.4, 0.5) is 0 Å². The van der Waals surface area contributed by atoms with E-state index in [4.69, 9.17) is 14.2 Å². The second-order valence-corrected chi connectivity index (χ2v) is 17.4. The van der Waals surface area contributed by atoms with Crippen molar-refractivity contribution in [2.75, 3.05) is 7.11 Å². The van der Waals surface area contributed by atoms with E-state index in [1.807, 2.05) is 37.3 Å². The lowest BCUT2D eigenvalue weighted by molar-refractivity contribution is -0.267. The minimum Gasteiger partial charge on any atom is -0.497 e. The predicted octanol–water partition coefficient (Wildman–Crippen LogP) is 12.0. The van der Waals surface area contributed by atoms with Crippen LogP contribution in [-0.2, 0) is 20.7 Å². The molecule has 1 saturated heterocycles. The summed E-state index contributed by atoms with van der Waals surface area (Å²) in [6.07, 6.45) is 24.4. The van der Waals surface area contributed by atoms with Crippen LogP contribution in [0.15, 0.2) is 36.4 Å². The summed E-state index contributed by atoms with van der Waals surface area (Å²) in [5.74, 6) is 0.722. The van der Waals surface area contributed by atoms with Crippen molar-refractivity contribution in [2.24, 2.45) is 0 Å². The van der Waals surface area contributed by atoms with Gasteiger partial charge in [0, 0.05) is 18.2 Å². The van der Waals surface area contributed by atoms with Crippen molar-refractivity contribution in [3.8, 4) is 11.5 Å². The molecule has 1 aliphatic rings. The first-order chi connectivity index (χ1) is 28.7. The lowest BCUT2D eigenvalue weighted by Crippen LogP contribution is -2.58. The van der Waals surface area contributed by atoms with Gasteiger partial charge in [-0.3, -0.25) is 9.59 Å². The van der Waals surface area contributed by atoms with Gasteiger partial charge in [0.15, 0.2) is 11.6 Å². The average Bonchev–Trinajstić information content (AvgIpc) is 3.24. The van der Waals surface area contributed by atoms with E-state index in [0.717, 1.165) is 64.1 Å². The zero-order valence-corrected chi connectivity index (χ0v) is 37.1. The number of fused-ring (bicyclic) bond motifs is 2. The quantitative estimate of drug-likeness (QED) is 0.0333. The summed E-state index contributed by atoms with van der Waals surface area (Å²) in [4.78, 5) is 25.5. The van der Waals surface area contributed by atoms with Gasteiger partial charge >= 0.3 is 0 Å². The van der Waals surface area contributed by atoms with E-state index in [2.05, 4.69) is 13.0 Å². The molecule has 4 rings (SSSR count). The Balaban J connectivity index is 1.13. The summed E-state index contributed by atoms with van der Waals surface area (Å²) in [5.41, 5.74) is 2.06. The normalized spacial score (nSPS) is 19.4. The minimum atomic E-state index is -1.43. The molecule has 1 heterocycles. The fraction of sp³-hybridized carbons (Fsp3) is 0.686. The lowest BCUT2D eigenvalue weighted by atomic mass is 9.89. The number of hydrogen-bond donors (Lipinski definition) is 3. The van der Waals surface area contributed by atoms with Crippen LogP contribution in [0.3, 0.4) is 0 Å². The zero-order chi connectivity index (χ0) is 42.4. The lowest BCUT2D eigenvalue weighted by Gasteiger charge is -2.39. The molecule has 3 aromatic carbocycles. The standard InChI is InChI=1S/C51H78O8/c1-5-6-7-8-9-10-11-12-13-14-15-16-17-18-19-20-21-22-23-24-25-31-44(52)45(53)32-27-26-29-40-41-35-34-39(57-4)36-43(41)37(2)47-42(40)30-28-33-46(47)59-51-50(56)49(55)48(54)38(3)58-51/h28,30,33-36,38,48-51,54-56H,5-27,29,31-32H2,1-4H3. The monoisotopic (exact) mass is 819 g/mol. The van der Waals surface area contributed by atoms with E-state index >= 15 is 0 Å². The highest BCUT2D eigenvalue weighted by Crippen LogP contribution is 2.40. The molecule has 0 aliphatic carbocycles. The third kappa shape index (κ3) is 15.4. The molecule has 8 heteroatoms. The second kappa shape index (κ2) is 27.0. The van der Waals surface area contributed by atoms with Crippen molar-refractivity contribution in [1.82, 2.24) is 0 Å². The third-order valence-electron chi connectivity index (χ3n) is 12.6. The summed E-state index contributed by atoms with van der Waals surface area (Å²) < 4.78 is 17.6. The van der Waals surface area contributed by atoms with E-state index in [0.29, 0.717) is 25.0 Å². The number of aryl methyl sites for hydroxylation is 2. The highest BCUT2D eigenvalue weighted by atomic mass is 16.7. The number of methoxy groups -OCH3 is 1. The maximum Gasteiger partial charge on any atom is 0.229 e. The van der Waals surface area contributed by atoms with Gasteiger partial charge in [-0.1, -0.05) is 154 Å². The van der Waals surface area contributed by atoms with E-state index in [1.54, 1.807) is 14.0 Å². The molecule has 0 saturated carbocycles. The number of unbranched alkanes of at least 4 members (excludes halogenated alkanes) is 21. The average molecular weight is 819 g/mol. The van der Waals surface area contributed by atoms with E-state index in [9.17, 15) is 24.9 Å². The van der Waals surface area contributed by atoms with E-state index in [-0.39, 0.29) is 18.0 Å². The first kappa shape index (κ1) is 48.6. The number of hydrogen-bond acceptors (Lipinski definition) is 8. The van der Waals surface area contributed by atoms with Crippen molar-refractivity contribution in [2.45, 2.75) is 218 Å². The minimum absolute atomic E-state index is 0.234. The number of carbonyl (C=O) groups excluding carboxylic acids is 2. The Morgan fingerprint density at radius 3 is 1.64 bits per heavy atom. The Bertz CT molecular complexity index is 1690. The van der Waals surface area contributed by atoms with Gasteiger partial charge in [0.1, 0.15) is 29.8 Å². The molecule has 1 fully saturated rings. The molecule has 0 amide bonds. The number of ketones is 2. The summed E-state index contributed by atoms with van der Waals surface area (Å²) >= 11 is 0. The topological polar surface area (TPSA) is 123 Å². The Morgan fingerprint density at radius 2 is 1.12 bits per heavy atom. The van der Waals surface area contributed by atoms with Gasteiger partial charge in [0.25, 0.3) is 0 Å². The molecular weight excluding hydrogens is 741 g/mol. The number of rotatable bonds is 31. The SMILES string of the molecule is CCCCCCCCCCCCCCCCCCCCCCCC(=O)C(=O)CCCCc1c2ccc(OC)cc2c(C)c2c(OC3OC(C)C(O)C(O)C3O)cccc12. The fourth-order valence-electron chi connectivity index (χ4n) is 8.86. The molecule has 330 valence electrons. The maximum atomic E-state index is 12.8. The van der Waals surface area contributed by atoms with Gasteiger partial charge in [-0.25, -0.2) is 0 Å². The molecule has 3 aromatic rings. The fourth-order valence-corrected chi connectivity index (χ4v) is 8.86. The predicted molar refractivity (Wildman–Crippen MR) is 241 cm³/mol. The summed E-state index contributed by atoms with van der Waals surface area (Å²) in [7, 11) is 1.64. The second-order valence-electron chi connectivity index (χ2n) is 17.4. The Hall–Kier alpha value is -3.04. The van der Waals surface area contributed by atoms with Gasteiger partial charge in [-0.05, 0) is 85.0 Å². The number of benzene rings is 3. The van der Waals surface area contributed by atoms with Crippen LogP contribution in [0.5, 0.6) is 11.5 Å². The largest absolute Gasteiger partial charge is 0.497 e. The van der Waals surface area contributed by atoms with E-state index < -0.39 is 30.7 Å². The smallest absolute Gasteiger partial charge is 0.229 e. The number of aliphatic hydroxyl groups excluding tert-OH is 3.